The van der Waals surface area contributed by atoms with Gasteiger partial charge in [-0.25, -0.2) is 0 Å². The van der Waals surface area contributed by atoms with Crippen molar-refractivity contribution in [2.45, 2.75) is 0 Å². The van der Waals surface area contributed by atoms with Gasteiger partial charge in [0, 0.05) is 0 Å². The molecule has 5 heteroatoms. The van der Waals surface area contributed by atoms with E-state index in [0.29, 0.717) is 0 Å². The standard InChI is InChI=1S/CF3.HI.Mg/c2-1(3)4;;/h;1H;/q-1;;+2/p-1. The molecule has 0 spiro atoms. The van der Waals surface area contributed by atoms with E-state index in [0.717, 1.165) is 0 Å². The Bertz CT molecular complexity index is 15.5. The van der Waals surface area contributed by atoms with E-state index in [2.05, 4.69) is 0 Å². The molecule has 0 aromatic heterocycles. The van der Waals surface area contributed by atoms with Gasteiger partial charge in [-0.15, -0.1) is 0 Å². The van der Waals surface area contributed by atoms with E-state index < -0.39 is 6.68 Å². The summed E-state index contributed by atoms with van der Waals surface area (Å²) < 4.78 is 28.8. The summed E-state index contributed by atoms with van der Waals surface area (Å²) in [5.41, 5.74) is 0. The Morgan fingerprint density at radius 2 is 1.00 bits per heavy atom. The fourth-order valence-electron chi connectivity index (χ4n) is 0. The van der Waals surface area contributed by atoms with E-state index in [1.807, 2.05) is 0 Å². The third-order valence-electron chi connectivity index (χ3n) is 0. The normalized spacial score (nSPS) is 6.00. The molecule has 0 amide bonds. The van der Waals surface area contributed by atoms with Crippen molar-refractivity contribution in [3.05, 3.63) is 6.68 Å². The van der Waals surface area contributed by atoms with Crippen molar-refractivity contribution in [2.24, 2.45) is 0 Å². The summed E-state index contributed by atoms with van der Waals surface area (Å²) in [6.07, 6.45) is 0. The zero-order valence-corrected chi connectivity index (χ0v) is 6.29. The van der Waals surface area contributed by atoms with Gasteiger partial charge in [-0.05, 0) is 0 Å². The summed E-state index contributed by atoms with van der Waals surface area (Å²) in [6.45, 7) is -3.08. The van der Waals surface area contributed by atoms with Gasteiger partial charge in [0.25, 0.3) is 0 Å². The molecule has 0 aromatic rings. The van der Waals surface area contributed by atoms with Crippen LogP contribution in [0.1, 0.15) is 0 Å². The number of hydrogen-bond acceptors (Lipinski definition) is 0. The van der Waals surface area contributed by atoms with Crippen molar-refractivity contribution < 1.29 is 37.1 Å². The van der Waals surface area contributed by atoms with Crippen LogP contribution in [0, 0.1) is 6.68 Å². The molecule has 0 fully saturated rings. The molecule has 0 nitrogen and oxygen atoms in total. The van der Waals surface area contributed by atoms with E-state index in [1.165, 1.54) is 0 Å². The second-order valence-electron chi connectivity index (χ2n) is 0.214. The zero-order valence-electron chi connectivity index (χ0n) is 2.72. The minimum absolute atomic E-state index is 0. The van der Waals surface area contributed by atoms with Crippen molar-refractivity contribution in [1.29, 1.82) is 0 Å². The molecule has 6 heavy (non-hydrogen) atoms. The molecule has 0 aliphatic carbocycles. The third-order valence-corrected chi connectivity index (χ3v) is 0. The number of halogens is 4. The molecule has 0 saturated heterocycles. The average molecular weight is 220 g/mol. The minimum Gasteiger partial charge on any atom is -1.00 e. The van der Waals surface area contributed by atoms with Gasteiger partial charge in [0.2, 0.25) is 0 Å². The van der Waals surface area contributed by atoms with Crippen LogP contribution in [0.3, 0.4) is 0 Å². The van der Waals surface area contributed by atoms with E-state index in [-0.39, 0.29) is 47.0 Å². The average Bonchev–Trinajstić information content (AvgIpc) is 0.811. The van der Waals surface area contributed by atoms with E-state index in [4.69, 9.17) is 0 Å². The summed E-state index contributed by atoms with van der Waals surface area (Å²) >= 11 is 0. The Morgan fingerprint density at radius 1 is 1.00 bits per heavy atom. The summed E-state index contributed by atoms with van der Waals surface area (Å²) in [5.74, 6) is 0. The fraction of sp³-hybridized carbons (Fsp3) is 0. The zero-order chi connectivity index (χ0) is 3.58. The summed E-state index contributed by atoms with van der Waals surface area (Å²) in [7, 11) is 0. The van der Waals surface area contributed by atoms with Gasteiger partial charge < -0.3 is 37.1 Å². The Morgan fingerprint density at radius 3 is 1.00 bits per heavy atom. The SMILES string of the molecule is F[C-](F)F.[I-].[Mg+2]. The molecule has 0 radical (unpaired) electrons. The van der Waals surface area contributed by atoms with Crippen LogP contribution in [0.25, 0.3) is 0 Å². The second-order valence-corrected chi connectivity index (χ2v) is 0.214. The molecule has 0 aliphatic rings. The second kappa shape index (κ2) is 9.56. The van der Waals surface area contributed by atoms with Gasteiger partial charge in [0.15, 0.2) is 6.68 Å². The van der Waals surface area contributed by atoms with Crippen molar-refractivity contribution in [2.75, 3.05) is 0 Å². The minimum atomic E-state index is -3.08. The smallest absolute Gasteiger partial charge is 1.00 e. The van der Waals surface area contributed by atoms with Crippen LogP contribution in [-0.4, -0.2) is 23.1 Å². The van der Waals surface area contributed by atoms with Crippen molar-refractivity contribution in [3.8, 4) is 0 Å². The predicted molar refractivity (Wildman–Crippen MR) is 12.3 cm³/mol. The van der Waals surface area contributed by atoms with E-state index in [9.17, 15) is 13.2 Å². The summed E-state index contributed by atoms with van der Waals surface area (Å²) in [5, 5.41) is 0. The van der Waals surface area contributed by atoms with Gasteiger partial charge in [-0.3, -0.25) is 0 Å². The fourth-order valence-corrected chi connectivity index (χ4v) is 0. The Labute approximate surface area is 66.6 Å². The first-order valence-electron chi connectivity index (χ1n) is 0.567. The quantitative estimate of drug-likeness (QED) is 0.251. The van der Waals surface area contributed by atoms with Gasteiger partial charge in [0.1, 0.15) is 0 Å². The van der Waals surface area contributed by atoms with Gasteiger partial charge >= 0.3 is 23.1 Å². The number of hydrogen-bond donors (Lipinski definition) is 0. The van der Waals surface area contributed by atoms with Crippen LogP contribution in [0.5, 0.6) is 0 Å². The predicted octanol–water partition coefficient (Wildman–Crippen LogP) is -2.03. The van der Waals surface area contributed by atoms with Crippen molar-refractivity contribution in [3.63, 3.8) is 0 Å². The molecule has 0 rings (SSSR count). The monoisotopic (exact) mass is 220 g/mol. The first-order chi connectivity index (χ1) is 1.73. The van der Waals surface area contributed by atoms with Crippen LogP contribution < -0.4 is 24.0 Å². The van der Waals surface area contributed by atoms with E-state index in [1.54, 1.807) is 0 Å². The third kappa shape index (κ3) is 58.7. The Balaban J connectivity index is -0.0000000450. The molecule has 0 N–H and O–H groups in total. The van der Waals surface area contributed by atoms with Crippen LogP contribution >= 0.6 is 0 Å². The van der Waals surface area contributed by atoms with Crippen molar-refractivity contribution in [1.82, 2.24) is 0 Å². The molecule has 0 aromatic carbocycles. The van der Waals surface area contributed by atoms with Crippen molar-refractivity contribution >= 4 is 23.1 Å². The molecule has 0 saturated carbocycles. The Hall–Kier alpha value is 1.29. The van der Waals surface area contributed by atoms with Gasteiger partial charge in [0.05, 0.1) is 0 Å². The van der Waals surface area contributed by atoms with Crippen LogP contribution in [0.15, 0.2) is 0 Å². The Kier molecular flexibility index (Phi) is 25.0. The van der Waals surface area contributed by atoms with Gasteiger partial charge in [-0.1, -0.05) is 0 Å². The summed E-state index contributed by atoms with van der Waals surface area (Å²) in [6, 6.07) is 0. The molecule has 0 bridgehead atoms. The summed E-state index contributed by atoms with van der Waals surface area (Å²) in [4.78, 5) is 0. The van der Waals surface area contributed by atoms with Gasteiger partial charge in [-0.2, -0.15) is 0 Å². The van der Waals surface area contributed by atoms with E-state index >= 15 is 0 Å². The molecular formula is CF3IMg. The number of rotatable bonds is 0. The molecule has 0 heterocycles. The maximum absolute atomic E-state index is 9.58. The largest absolute Gasteiger partial charge is 2.00 e. The topological polar surface area (TPSA) is 0 Å². The molecule has 34 valence electrons. The molecular weight excluding hydrogens is 220 g/mol. The molecule has 0 atom stereocenters. The maximum Gasteiger partial charge on any atom is 2.00 e. The first-order valence-corrected chi connectivity index (χ1v) is 0.567. The molecule has 0 aliphatic heterocycles. The maximum atomic E-state index is 9.58. The van der Waals surface area contributed by atoms with Crippen LogP contribution in [0.2, 0.25) is 0 Å². The van der Waals surface area contributed by atoms with Crippen LogP contribution in [0.4, 0.5) is 13.2 Å². The molecule has 0 unspecified atom stereocenters. The van der Waals surface area contributed by atoms with Crippen LogP contribution in [-0.2, 0) is 0 Å². The first kappa shape index (κ1) is 15.7.